The predicted molar refractivity (Wildman–Crippen MR) is 91.6 cm³/mol. The third-order valence-corrected chi connectivity index (χ3v) is 3.89. The van der Waals surface area contributed by atoms with Crippen LogP contribution in [-0.4, -0.2) is 28.0 Å². The average molecular weight is 341 g/mol. The van der Waals surface area contributed by atoms with Gasteiger partial charge in [-0.25, -0.2) is 15.0 Å². The van der Waals surface area contributed by atoms with Crippen molar-refractivity contribution in [2.24, 2.45) is 0 Å². The second-order valence-corrected chi connectivity index (χ2v) is 5.62. The summed E-state index contributed by atoms with van der Waals surface area (Å²) in [5, 5.41) is 8.05. The fourth-order valence-corrected chi connectivity index (χ4v) is 2.60. The molecule has 3 aromatic rings. The number of hydrogen-bond acceptors (Lipinski definition) is 7. The number of benzene rings is 1. The van der Waals surface area contributed by atoms with Gasteiger partial charge in [0.2, 0.25) is 5.95 Å². The molecular formula is C16H15N5O2S. The van der Waals surface area contributed by atoms with Gasteiger partial charge in [0.05, 0.1) is 7.11 Å². The van der Waals surface area contributed by atoms with Crippen molar-refractivity contribution in [3.05, 3.63) is 59.4 Å². The van der Waals surface area contributed by atoms with Crippen molar-refractivity contribution in [3.63, 3.8) is 0 Å². The molecule has 24 heavy (non-hydrogen) atoms. The summed E-state index contributed by atoms with van der Waals surface area (Å²) in [6.07, 6.45) is 3.26. The molecule has 0 atom stereocenters. The van der Waals surface area contributed by atoms with Crippen LogP contribution in [0, 0.1) is 0 Å². The zero-order valence-electron chi connectivity index (χ0n) is 12.9. The molecule has 0 spiro atoms. The Labute approximate surface area is 142 Å². The van der Waals surface area contributed by atoms with E-state index in [1.165, 1.54) is 11.3 Å². The van der Waals surface area contributed by atoms with Gasteiger partial charge in [-0.15, -0.1) is 11.3 Å². The molecule has 0 saturated heterocycles. The number of hydrogen-bond donors (Lipinski definition) is 2. The minimum atomic E-state index is -0.232. The number of methoxy groups -OCH3 is 1. The molecule has 2 N–H and O–H groups in total. The molecule has 122 valence electrons. The zero-order valence-corrected chi connectivity index (χ0v) is 13.7. The first-order chi connectivity index (χ1) is 11.7. The fraction of sp³-hybridized carbons (Fsp3) is 0.125. The van der Waals surface area contributed by atoms with Gasteiger partial charge in [-0.05, 0) is 23.8 Å². The molecule has 0 aliphatic rings. The fourth-order valence-electron chi connectivity index (χ4n) is 1.91. The lowest BCUT2D eigenvalue weighted by molar-refractivity contribution is 0.0946. The predicted octanol–water partition coefficient (Wildman–Crippen LogP) is 2.62. The van der Waals surface area contributed by atoms with Crippen LogP contribution in [0.25, 0.3) is 0 Å². The molecule has 0 aliphatic heterocycles. The number of anilines is 2. The lowest BCUT2D eigenvalue weighted by Crippen LogP contribution is -2.23. The summed E-state index contributed by atoms with van der Waals surface area (Å²) in [6, 6.07) is 9.24. The van der Waals surface area contributed by atoms with Crippen LogP contribution in [0.4, 0.5) is 11.1 Å². The zero-order chi connectivity index (χ0) is 16.8. The van der Waals surface area contributed by atoms with E-state index in [0.29, 0.717) is 23.3 Å². The van der Waals surface area contributed by atoms with Crippen molar-refractivity contribution < 1.29 is 9.53 Å². The summed E-state index contributed by atoms with van der Waals surface area (Å²) >= 11 is 1.32. The van der Waals surface area contributed by atoms with Crippen molar-refractivity contribution in [1.82, 2.24) is 20.3 Å². The highest BCUT2D eigenvalue weighted by atomic mass is 32.1. The lowest BCUT2D eigenvalue weighted by Gasteiger charge is -2.05. The number of carbonyl (C=O) groups is 1. The highest BCUT2D eigenvalue weighted by molar-refractivity contribution is 7.14. The third-order valence-electron chi connectivity index (χ3n) is 3.13. The molecule has 2 heterocycles. The summed E-state index contributed by atoms with van der Waals surface area (Å²) in [6.45, 7) is 0.422. The highest BCUT2D eigenvalue weighted by Gasteiger charge is 2.11. The molecule has 0 radical (unpaired) electrons. The molecule has 3 rings (SSSR count). The number of thiazole rings is 1. The number of nitrogens with zero attached hydrogens (tertiary/aromatic N) is 3. The van der Waals surface area contributed by atoms with E-state index in [-0.39, 0.29) is 5.91 Å². The van der Waals surface area contributed by atoms with Gasteiger partial charge in [0, 0.05) is 24.3 Å². The van der Waals surface area contributed by atoms with E-state index in [9.17, 15) is 4.79 Å². The first-order valence-corrected chi connectivity index (χ1v) is 8.03. The van der Waals surface area contributed by atoms with Gasteiger partial charge >= 0.3 is 0 Å². The largest absolute Gasteiger partial charge is 0.497 e. The second kappa shape index (κ2) is 7.51. The van der Waals surface area contributed by atoms with Crippen molar-refractivity contribution >= 4 is 28.3 Å². The molecule has 0 unspecified atom stereocenters. The number of amides is 1. The maximum absolute atomic E-state index is 12.2. The monoisotopic (exact) mass is 341 g/mol. The van der Waals surface area contributed by atoms with Gasteiger partial charge in [-0.2, -0.15) is 0 Å². The van der Waals surface area contributed by atoms with Crippen LogP contribution in [0.5, 0.6) is 5.75 Å². The van der Waals surface area contributed by atoms with Crippen LogP contribution in [0.1, 0.15) is 16.1 Å². The molecule has 1 amide bonds. The van der Waals surface area contributed by atoms with Gasteiger partial charge < -0.3 is 15.4 Å². The maximum Gasteiger partial charge on any atom is 0.271 e. The average Bonchev–Trinajstić information content (AvgIpc) is 3.09. The molecule has 2 aromatic heterocycles. The topological polar surface area (TPSA) is 89.0 Å². The summed E-state index contributed by atoms with van der Waals surface area (Å²) in [4.78, 5) is 24.5. The van der Waals surface area contributed by atoms with Crippen molar-refractivity contribution in [2.45, 2.75) is 6.54 Å². The van der Waals surface area contributed by atoms with Gasteiger partial charge in [0.1, 0.15) is 11.4 Å². The van der Waals surface area contributed by atoms with Gasteiger partial charge in [-0.3, -0.25) is 4.79 Å². The summed E-state index contributed by atoms with van der Waals surface area (Å²) in [5.41, 5.74) is 1.34. The third kappa shape index (κ3) is 4.05. The summed E-state index contributed by atoms with van der Waals surface area (Å²) in [7, 11) is 1.62. The second-order valence-electron chi connectivity index (χ2n) is 4.77. The van der Waals surface area contributed by atoms with Crippen LogP contribution in [0.2, 0.25) is 0 Å². The van der Waals surface area contributed by atoms with Gasteiger partial charge in [0.15, 0.2) is 5.13 Å². The van der Waals surface area contributed by atoms with E-state index < -0.39 is 0 Å². The standard InChI is InChI=1S/C16H15N5O2S/c1-23-12-5-3-11(4-6-12)9-19-14(22)13-10-24-16(20-13)21-15-17-7-2-8-18-15/h2-8,10H,9H2,1H3,(H,19,22)(H,17,18,20,21). The van der Waals surface area contributed by atoms with E-state index in [0.717, 1.165) is 11.3 Å². The Morgan fingerprint density at radius 3 is 2.67 bits per heavy atom. The Hall–Kier alpha value is -3.00. The van der Waals surface area contributed by atoms with Gasteiger partial charge in [0.25, 0.3) is 5.91 Å². The van der Waals surface area contributed by atoms with Crippen LogP contribution in [0.15, 0.2) is 48.1 Å². The van der Waals surface area contributed by atoms with Gasteiger partial charge in [-0.1, -0.05) is 12.1 Å². The van der Waals surface area contributed by atoms with E-state index in [1.807, 2.05) is 24.3 Å². The Bertz CT molecular complexity index is 805. The van der Waals surface area contributed by atoms with E-state index in [1.54, 1.807) is 30.9 Å². The van der Waals surface area contributed by atoms with Crippen LogP contribution >= 0.6 is 11.3 Å². The number of ether oxygens (including phenoxy) is 1. The first kappa shape index (κ1) is 15.9. The van der Waals surface area contributed by atoms with Crippen molar-refractivity contribution in [1.29, 1.82) is 0 Å². The minimum absolute atomic E-state index is 0.232. The Morgan fingerprint density at radius 1 is 1.21 bits per heavy atom. The normalized spacial score (nSPS) is 10.2. The molecule has 0 fully saturated rings. The van der Waals surface area contributed by atoms with E-state index in [4.69, 9.17) is 4.74 Å². The number of nitrogens with one attached hydrogen (secondary N) is 2. The molecule has 0 saturated carbocycles. The quantitative estimate of drug-likeness (QED) is 0.716. The first-order valence-electron chi connectivity index (χ1n) is 7.15. The van der Waals surface area contributed by atoms with Crippen LogP contribution in [-0.2, 0) is 6.54 Å². The molecule has 0 aliphatic carbocycles. The van der Waals surface area contributed by atoms with Crippen molar-refractivity contribution in [3.8, 4) is 5.75 Å². The highest BCUT2D eigenvalue weighted by Crippen LogP contribution is 2.18. The van der Waals surface area contributed by atoms with E-state index >= 15 is 0 Å². The number of carbonyl (C=O) groups excluding carboxylic acids is 1. The summed E-state index contributed by atoms with van der Waals surface area (Å²) in [5.74, 6) is 0.990. The number of aromatic nitrogens is 3. The smallest absolute Gasteiger partial charge is 0.271 e. The molecule has 7 nitrogen and oxygen atoms in total. The Morgan fingerprint density at radius 2 is 1.96 bits per heavy atom. The summed E-state index contributed by atoms with van der Waals surface area (Å²) < 4.78 is 5.10. The molecule has 0 bridgehead atoms. The van der Waals surface area contributed by atoms with E-state index in [2.05, 4.69) is 25.6 Å². The van der Waals surface area contributed by atoms with Crippen molar-refractivity contribution in [2.75, 3.05) is 12.4 Å². The molecular weight excluding hydrogens is 326 g/mol. The van der Waals surface area contributed by atoms with Crippen LogP contribution in [0.3, 0.4) is 0 Å². The SMILES string of the molecule is COc1ccc(CNC(=O)c2csc(Nc3ncccn3)n2)cc1. The lowest BCUT2D eigenvalue weighted by atomic mass is 10.2. The maximum atomic E-state index is 12.2. The van der Waals surface area contributed by atoms with Crippen LogP contribution < -0.4 is 15.4 Å². The Balaban J connectivity index is 1.57. The molecule has 8 heteroatoms. The molecule has 1 aromatic carbocycles. The minimum Gasteiger partial charge on any atom is -0.497 e. The number of rotatable bonds is 6. The Kier molecular flexibility index (Phi) is 4.97.